The first-order valence-electron chi connectivity index (χ1n) is 19.3. The number of hydrogen-bond acceptors (Lipinski definition) is 5. The Morgan fingerprint density at radius 1 is 0.564 bits per heavy atom. The highest BCUT2D eigenvalue weighted by Crippen LogP contribution is 2.54. The molecule has 0 saturated carbocycles. The monoisotopic (exact) mass is 720 g/mol. The Morgan fingerprint density at radius 2 is 1.16 bits per heavy atom. The fraction of sp³-hybridized carbons (Fsp3) is 0.184. The van der Waals surface area contributed by atoms with Gasteiger partial charge in [0.25, 0.3) is 0 Å². The summed E-state index contributed by atoms with van der Waals surface area (Å²) in [5.41, 5.74) is 11.4. The molecule has 6 heteroatoms. The van der Waals surface area contributed by atoms with E-state index in [4.69, 9.17) is 18.6 Å². The van der Waals surface area contributed by atoms with Crippen LogP contribution in [0.2, 0.25) is 0 Å². The largest absolute Gasteiger partial charge is 0.455 e. The second-order valence-corrected chi connectivity index (χ2v) is 16.0. The molecule has 2 heterocycles. The summed E-state index contributed by atoms with van der Waals surface area (Å²) in [4.78, 5) is 2.36. The number of aromatic nitrogens is 1. The Bertz CT molecular complexity index is 2940. The van der Waals surface area contributed by atoms with Crippen LogP contribution < -0.4 is 14.4 Å². The Hall–Kier alpha value is -6.40. The fourth-order valence-electron chi connectivity index (χ4n) is 9.31. The van der Waals surface area contributed by atoms with Crippen LogP contribution in [0.3, 0.4) is 0 Å². The Kier molecular flexibility index (Phi) is 6.88. The van der Waals surface area contributed by atoms with Gasteiger partial charge in [-0.2, -0.15) is 0 Å². The lowest BCUT2D eigenvalue weighted by molar-refractivity contribution is 0.0916. The van der Waals surface area contributed by atoms with Crippen LogP contribution in [0.5, 0.6) is 11.5 Å². The number of rotatable bonds is 3. The molecule has 0 saturated heterocycles. The van der Waals surface area contributed by atoms with Gasteiger partial charge in [-0.3, -0.25) is 9.15 Å². The molecule has 9 aromatic rings. The lowest BCUT2D eigenvalue weighted by atomic mass is 9.70. The second kappa shape index (κ2) is 11.8. The maximum absolute atomic E-state index is 6.30. The number of anilines is 3. The summed E-state index contributed by atoms with van der Waals surface area (Å²) < 4.78 is 26.9. The van der Waals surface area contributed by atoms with E-state index in [1.807, 2.05) is 48.5 Å². The molecule has 0 N–H and O–H groups in total. The molecule has 8 aromatic carbocycles. The summed E-state index contributed by atoms with van der Waals surface area (Å²) in [7, 11) is 0. The van der Waals surface area contributed by atoms with Gasteiger partial charge in [0.1, 0.15) is 11.5 Å². The Morgan fingerprint density at radius 3 is 1.82 bits per heavy atom. The van der Waals surface area contributed by atoms with Crippen molar-refractivity contribution in [1.29, 1.82) is 0 Å². The lowest BCUT2D eigenvalue weighted by Crippen LogP contribution is -2.24. The number of para-hydroxylation sites is 8. The molecule has 0 bridgehead atoms. The number of benzene rings is 8. The summed E-state index contributed by atoms with van der Waals surface area (Å²) in [5.74, 6) is 1.82. The smallest absolute Gasteiger partial charge is 0.231 e. The van der Waals surface area contributed by atoms with Gasteiger partial charge in [-0.1, -0.05) is 88.4 Å². The van der Waals surface area contributed by atoms with E-state index >= 15 is 0 Å². The van der Waals surface area contributed by atoms with E-state index in [1.165, 1.54) is 49.0 Å². The van der Waals surface area contributed by atoms with Gasteiger partial charge in [0, 0.05) is 16.2 Å². The van der Waals surface area contributed by atoms with Crippen molar-refractivity contribution in [2.24, 2.45) is 0 Å². The molecule has 1 aliphatic heterocycles. The van der Waals surface area contributed by atoms with Crippen LogP contribution in [-0.2, 0) is 11.8 Å². The first-order valence-corrected chi connectivity index (χ1v) is 19.3. The minimum absolute atomic E-state index is 0.0446. The molecule has 2 aliphatic rings. The molecule has 0 fully saturated rings. The predicted octanol–water partition coefficient (Wildman–Crippen LogP) is 13.5. The summed E-state index contributed by atoms with van der Waals surface area (Å²) in [6, 6.07) is 45.0. The first kappa shape index (κ1) is 32.1. The van der Waals surface area contributed by atoms with Gasteiger partial charge in [0.05, 0.1) is 33.8 Å². The fourth-order valence-corrected chi connectivity index (χ4v) is 9.31. The van der Waals surface area contributed by atoms with Crippen LogP contribution in [0.25, 0.3) is 60.2 Å². The zero-order valence-corrected chi connectivity index (χ0v) is 31.4. The van der Waals surface area contributed by atoms with Gasteiger partial charge in [0.15, 0.2) is 0 Å². The van der Waals surface area contributed by atoms with Gasteiger partial charge in [-0.25, -0.2) is 0 Å². The van der Waals surface area contributed by atoms with Gasteiger partial charge in [-0.15, -0.1) is 0 Å². The average Bonchev–Trinajstić information content (AvgIpc) is 3.36. The van der Waals surface area contributed by atoms with E-state index in [-0.39, 0.29) is 18.1 Å². The lowest BCUT2D eigenvalue weighted by Gasteiger charge is -2.36. The molecule has 0 radical (unpaired) electrons. The van der Waals surface area contributed by atoms with Crippen molar-refractivity contribution < 1.29 is 18.6 Å². The average molecular weight is 721 g/mol. The summed E-state index contributed by atoms with van der Waals surface area (Å²) >= 11 is 0. The predicted molar refractivity (Wildman–Crippen MR) is 223 cm³/mol. The third kappa shape index (κ3) is 4.67. The zero-order chi connectivity index (χ0) is 37.0. The van der Waals surface area contributed by atoms with Crippen LogP contribution in [0.1, 0.15) is 56.7 Å². The van der Waals surface area contributed by atoms with Crippen molar-refractivity contribution >= 4 is 71.6 Å². The maximum Gasteiger partial charge on any atom is 0.231 e. The Balaban J connectivity index is 1.36. The van der Waals surface area contributed by atoms with Crippen molar-refractivity contribution in [1.82, 2.24) is 4.57 Å². The van der Waals surface area contributed by atoms with E-state index in [0.717, 1.165) is 58.1 Å². The molecule has 0 amide bonds. The first-order chi connectivity index (χ1) is 26.9. The molecule has 0 atom stereocenters. The number of nitrogens with zero attached hydrogens (tertiary/aromatic N) is 2. The summed E-state index contributed by atoms with van der Waals surface area (Å²) in [5, 5.41) is 7.64. The molecule has 55 heavy (non-hydrogen) atoms. The van der Waals surface area contributed by atoms with Gasteiger partial charge in [0.2, 0.25) is 18.0 Å². The quantitative estimate of drug-likeness (QED) is 0.134. The third-order valence-electron chi connectivity index (χ3n) is 12.0. The highest BCUT2D eigenvalue weighted by molar-refractivity contribution is 6.29. The number of fused-ring (bicyclic) bond motifs is 4. The van der Waals surface area contributed by atoms with Crippen LogP contribution in [0.15, 0.2) is 137 Å². The Labute approximate surface area is 318 Å². The number of aryl methyl sites for hydroxylation is 1. The number of ether oxygens (including phenoxy) is 2. The summed E-state index contributed by atoms with van der Waals surface area (Å²) in [6.07, 6.45) is 2.02. The van der Waals surface area contributed by atoms with Crippen LogP contribution in [-0.4, -0.2) is 11.4 Å². The SMILES string of the molecule is CC(C)c1cc(N2c3ccccc3OCOc3ccccc32)c2cc3c4c(cc(-n5c6ccccc6ooc6ccccc65)c5ccc1c2c54)CCC3(C)C. The van der Waals surface area contributed by atoms with Gasteiger partial charge >= 0.3 is 0 Å². The molecule has 0 spiro atoms. The van der Waals surface area contributed by atoms with E-state index in [0.29, 0.717) is 11.2 Å². The molecular formula is C49H40N2O4. The minimum atomic E-state index is -0.0446. The molecule has 6 nitrogen and oxygen atoms in total. The summed E-state index contributed by atoms with van der Waals surface area (Å²) in [6.45, 7) is 9.56. The van der Waals surface area contributed by atoms with Gasteiger partial charge in [-0.05, 0) is 124 Å². The van der Waals surface area contributed by atoms with Crippen molar-refractivity contribution in [3.05, 3.63) is 144 Å². The number of hydrogen-bond donors (Lipinski definition) is 0. The minimum Gasteiger partial charge on any atom is -0.455 e. The second-order valence-electron chi connectivity index (χ2n) is 16.0. The normalized spacial score (nSPS) is 14.9. The van der Waals surface area contributed by atoms with Crippen LogP contribution >= 0.6 is 0 Å². The zero-order valence-electron chi connectivity index (χ0n) is 31.4. The van der Waals surface area contributed by atoms with E-state index in [1.54, 1.807) is 0 Å². The topological polar surface area (TPSA) is 52.9 Å². The highest BCUT2D eigenvalue weighted by atomic mass is 17.0. The van der Waals surface area contributed by atoms with Crippen molar-refractivity contribution in [2.45, 2.75) is 51.9 Å². The molecule has 1 aromatic heterocycles. The van der Waals surface area contributed by atoms with E-state index in [9.17, 15) is 0 Å². The van der Waals surface area contributed by atoms with E-state index < -0.39 is 0 Å². The molecule has 270 valence electrons. The molecule has 0 unspecified atom stereocenters. The van der Waals surface area contributed by atoms with Gasteiger partial charge < -0.3 is 18.9 Å². The highest BCUT2D eigenvalue weighted by Gasteiger charge is 2.34. The van der Waals surface area contributed by atoms with Crippen LogP contribution in [0, 0.1) is 0 Å². The molecular weight excluding hydrogens is 681 g/mol. The van der Waals surface area contributed by atoms with E-state index in [2.05, 4.69) is 116 Å². The molecule has 11 rings (SSSR count). The van der Waals surface area contributed by atoms with Crippen molar-refractivity contribution in [3.63, 3.8) is 0 Å². The van der Waals surface area contributed by atoms with Crippen molar-refractivity contribution in [3.8, 4) is 17.2 Å². The third-order valence-corrected chi connectivity index (χ3v) is 12.0. The standard InChI is InChI=1S/C49H40N2O4/c1-29(2)33-27-41(50-36-13-5-9-17-42(36)52-28-53-43-18-10-6-14-37(43)50)34-26-35-46-30(23-24-49(35,3)4)25-40(32-22-21-31(33)47(34)48(32)46)51-38-15-7-11-19-44(38)54-55-45-20-12-8-16-39(45)51/h5-22,25-27,29H,23-24,28H2,1-4H3. The molecule has 1 aliphatic carbocycles. The van der Waals surface area contributed by atoms with Crippen molar-refractivity contribution in [2.75, 3.05) is 11.7 Å². The van der Waals surface area contributed by atoms with Crippen LogP contribution in [0.4, 0.5) is 17.1 Å². The maximum atomic E-state index is 6.30.